The van der Waals surface area contributed by atoms with Gasteiger partial charge in [0.2, 0.25) is 0 Å². The second-order valence-electron chi connectivity index (χ2n) is 4.61. The monoisotopic (exact) mass is 288 g/mol. The lowest BCUT2D eigenvalue weighted by atomic mass is 10.1. The van der Waals surface area contributed by atoms with Gasteiger partial charge in [0.1, 0.15) is 0 Å². The minimum absolute atomic E-state index is 0.0695. The molecule has 0 atom stereocenters. The summed E-state index contributed by atoms with van der Waals surface area (Å²) in [6, 6.07) is 9.50. The number of aromatic hydroxyl groups is 3. The third kappa shape index (κ3) is 3.56. The van der Waals surface area contributed by atoms with Gasteiger partial charge < -0.3 is 26.4 Å². The number of phenolic OH excluding ortho intramolecular Hbond substituents is 3. The molecule has 0 radical (unpaired) electrons. The zero-order valence-corrected chi connectivity index (χ0v) is 11.2. The van der Waals surface area contributed by atoms with Gasteiger partial charge in [0.15, 0.2) is 17.2 Å². The first-order valence-corrected chi connectivity index (χ1v) is 6.35. The Morgan fingerprint density at radius 3 is 2.19 bits per heavy atom. The normalized spacial score (nSPS) is 10.3. The number of rotatable bonds is 4. The van der Waals surface area contributed by atoms with Crippen molar-refractivity contribution < 1.29 is 20.1 Å². The predicted molar refractivity (Wildman–Crippen MR) is 78.3 cm³/mol. The molecular weight excluding hydrogens is 272 g/mol. The second kappa shape index (κ2) is 6.04. The molecule has 2 aromatic carbocycles. The summed E-state index contributed by atoms with van der Waals surface area (Å²) in [7, 11) is 0. The summed E-state index contributed by atoms with van der Waals surface area (Å²) in [5.41, 5.74) is 7.36. The van der Waals surface area contributed by atoms with E-state index < -0.39 is 23.2 Å². The minimum atomic E-state index is -0.645. The second-order valence-corrected chi connectivity index (χ2v) is 4.61. The maximum absolute atomic E-state index is 11.9. The van der Waals surface area contributed by atoms with Crippen molar-refractivity contribution in [2.45, 2.75) is 6.42 Å². The Kier molecular flexibility index (Phi) is 4.18. The van der Waals surface area contributed by atoms with Crippen molar-refractivity contribution in [1.82, 2.24) is 5.32 Å². The van der Waals surface area contributed by atoms with Gasteiger partial charge in [0, 0.05) is 17.8 Å². The number of nitrogens with two attached hydrogens (primary N) is 1. The van der Waals surface area contributed by atoms with Crippen LogP contribution in [0.4, 0.5) is 5.69 Å². The predicted octanol–water partition coefficient (Wildman–Crippen LogP) is 1.36. The van der Waals surface area contributed by atoms with Crippen LogP contribution in [0.2, 0.25) is 0 Å². The van der Waals surface area contributed by atoms with E-state index in [0.717, 1.165) is 17.7 Å². The van der Waals surface area contributed by atoms with Gasteiger partial charge in [0.25, 0.3) is 5.91 Å². The van der Waals surface area contributed by atoms with E-state index in [-0.39, 0.29) is 5.56 Å². The van der Waals surface area contributed by atoms with Gasteiger partial charge in [-0.3, -0.25) is 4.79 Å². The zero-order valence-electron chi connectivity index (χ0n) is 11.2. The van der Waals surface area contributed by atoms with Gasteiger partial charge in [-0.1, -0.05) is 12.1 Å². The molecule has 0 saturated heterocycles. The molecule has 1 amide bonds. The van der Waals surface area contributed by atoms with Crippen molar-refractivity contribution in [3.8, 4) is 17.2 Å². The Bertz CT molecular complexity index is 630. The van der Waals surface area contributed by atoms with Crippen LogP contribution in [-0.4, -0.2) is 27.8 Å². The lowest BCUT2D eigenvalue weighted by Crippen LogP contribution is -2.25. The van der Waals surface area contributed by atoms with Crippen LogP contribution in [0.5, 0.6) is 17.2 Å². The largest absolute Gasteiger partial charge is 0.504 e. The lowest BCUT2D eigenvalue weighted by molar-refractivity contribution is 0.0953. The molecule has 6 heteroatoms. The fraction of sp³-hybridized carbons (Fsp3) is 0.133. The summed E-state index contributed by atoms with van der Waals surface area (Å²) in [6.45, 7) is 0.394. The Hall–Kier alpha value is -2.89. The molecule has 110 valence electrons. The van der Waals surface area contributed by atoms with E-state index in [4.69, 9.17) is 5.73 Å². The van der Waals surface area contributed by atoms with E-state index in [1.165, 1.54) is 0 Å². The van der Waals surface area contributed by atoms with Crippen LogP contribution in [0.15, 0.2) is 36.4 Å². The average molecular weight is 288 g/mol. The average Bonchev–Trinajstić information content (AvgIpc) is 2.46. The SMILES string of the molecule is Nc1ccc(CCNC(=O)c2cc(O)c(O)c(O)c2)cc1. The Balaban J connectivity index is 1.94. The summed E-state index contributed by atoms with van der Waals surface area (Å²) in [4.78, 5) is 11.9. The smallest absolute Gasteiger partial charge is 0.251 e. The van der Waals surface area contributed by atoms with Crippen LogP contribution in [-0.2, 0) is 6.42 Å². The molecule has 2 aromatic rings. The molecule has 0 spiro atoms. The summed E-state index contributed by atoms with van der Waals surface area (Å²) in [6.07, 6.45) is 0.627. The number of phenols is 3. The van der Waals surface area contributed by atoms with Crippen LogP contribution in [0.1, 0.15) is 15.9 Å². The highest BCUT2D eigenvalue weighted by molar-refractivity contribution is 5.95. The maximum atomic E-state index is 11.9. The van der Waals surface area contributed by atoms with Crippen molar-refractivity contribution in [1.29, 1.82) is 0 Å². The first kappa shape index (κ1) is 14.5. The van der Waals surface area contributed by atoms with Crippen LogP contribution in [0.25, 0.3) is 0 Å². The Labute approximate surface area is 121 Å². The molecular formula is C15H16N2O4. The zero-order chi connectivity index (χ0) is 15.4. The van der Waals surface area contributed by atoms with Crippen LogP contribution >= 0.6 is 0 Å². The minimum Gasteiger partial charge on any atom is -0.504 e. The topological polar surface area (TPSA) is 116 Å². The molecule has 0 saturated carbocycles. The van der Waals surface area contributed by atoms with Crippen LogP contribution < -0.4 is 11.1 Å². The van der Waals surface area contributed by atoms with E-state index in [1.54, 1.807) is 12.1 Å². The molecule has 0 fully saturated rings. The van der Waals surface area contributed by atoms with Gasteiger partial charge in [-0.2, -0.15) is 0 Å². The number of carbonyl (C=O) groups excluding carboxylic acids is 1. The summed E-state index contributed by atoms with van der Waals surface area (Å²) in [5, 5.41) is 30.6. The van der Waals surface area contributed by atoms with Gasteiger partial charge in [-0.15, -0.1) is 0 Å². The van der Waals surface area contributed by atoms with E-state index in [1.807, 2.05) is 12.1 Å². The standard InChI is InChI=1S/C15H16N2O4/c16-11-3-1-9(2-4-11)5-6-17-15(21)10-7-12(18)14(20)13(19)8-10/h1-4,7-8,18-20H,5-6,16H2,(H,17,21). The number of anilines is 1. The summed E-state index contributed by atoms with van der Waals surface area (Å²) < 4.78 is 0. The van der Waals surface area contributed by atoms with Crippen molar-refractivity contribution in [2.75, 3.05) is 12.3 Å². The first-order valence-electron chi connectivity index (χ1n) is 6.35. The molecule has 6 N–H and O–H groups in total. The van der Waals surface area contributed by atoms with Crippen molar-refractivity contribution in [2.24, 2.45) is 0 Å². The van der Waals surface area contributed by atoms with Crippen LogP contribution in [0.3, 0.4) is 0 Å². The molecule has 0 heterocycles. The highest BCUT2D eigenvalue weighted by Crippen LogP contribution is 2.35. The molecule has 0 aliphatic rings. The van der Waals surface area contributed by atoms with Gasteiger partial charge in [-0.25, -0.2) is 0 Å². The number of nitrogen functional groups attached to an aromatic ring is 1. The molecule has 0 aliphatic heterocycles. The third-order valence-corrected chi connectivity index (χ3v) is 3.01. The molecule has 0 bridgehead atoms. The van der Waals surface area contributed by atoms with E-state index >= 15 is 0 Å². The Morgan fingerprint density at radius 2 is 1.62 bits per heavy atom. The maximum Gasteiger partial charge on any atom is 0.251 e. The number of benzene rings is 2. The summed E-state index contributed by atoms with van der Waals surface area (Å²) >= 11 is 0. The highest BCUT2D eigenvalue weighted by atomic mass is 16.3. The lowest BCUT2D eigenvalue weighted by Gasteiger charge is -2.08. The molecule has 2 rings (SSSR count). The quantitative estimate of drug-likeness (QED) is 0.430. The highest BCUT2D eigenvalue weighted by Gasteiger charge is 2.13. The molecule has 6 nitrogen and oxygen atoms in total. The van der Waals surface area contributed by atoms with Gasteiger partial charge >= 0.3 is 0 Å². The van der Waals surface area contributed by atoms with Crippen molar-refractivity contribution in [3.05, 3.63) is 47.5 Å². The number of hydrogen-bond acceptors (Lipinski definition) is 5. The summed E-state index contributed by atoms with van der Waals surface area (Å²) in [5.74, 6) is -2.18. The number of amides is 1. The van der Waals surface area contributed by atoms with E-state index in [0.29, 0.717) is 18.7 Å². The third-order valence-electron chi connectivity index (χ3n) is 3.01. The fourth-order valence-corrected chi connectivity index (χ4v) is 1.84. The number of carbonyl (C=O) groups is 1. The molecule has 0 aliphatic carbocycles. The first-order chi connectivity index (χ1) is 9.97. The number of nitrogens with one attached hydrogen (secondary N) is 1. The van der Waals surface area contributed by atoms with Crippen molar-refractivity contribution in [3.63, 3.8) is 0 Å². The Morgan fingerprint density at radius 1 is 1.05 bits per heavy atom. The van der Waals surface area contributed by atoms with Gasteiger partial charge in [-0.05, 0) is 36.2 Å². The van der Waals surface area contributed by atoms with Crippen molar-refractivity contribution >= 4 is 11.6 Å². The van der Waals surface area contributed by atoms with E-state index in [2.05, 4.69) is 5.32 Å². The van der Waals surface area contributed by atoms with Crippen LogP contribution in [0, 0.1) is 0 Å². The molecule has 0 aromatic heterocycles. The molecule has 21 heavy (non-hydrogen) atoms. The fourth-order valence-electron chi connectivity index (χ4n) is 1.84. The van der Waals surface area contributed by atoms with Gasteiger partial charge in [0.05, 0.1) is 0 Å². The molecule has 0 unspecified atom stereocenters. The number of hydrogen-bond donors (Lipinski definition) is 5. The van der Waals surface area contributed by atoms with E-state index in [9.17, 15) is 20.1 Å².